The third-order valence-corrected chi connectivity index (χ3v) is 8.96. The lowest BCUT2D eigenvalue weighted by atomic mass is 9.95. The van der Waals surface area contributed by atoms with Gasteiger partial charge in [-0.1, -0.05) is 24.2 Å². The zero-order valence-electron chi connectivity index (χ0n) is 24.9. The number of aromatic nitrogens is 3. The summed E-state index contributed by atoms with van der Waals surface area (Å²) < 4.78 is 43.0. The van der Waals surface area contributed by atoms with Gasteiger partial charge in [0.1, 0.15) is 11.9 Å². The molecular weight excluding hydrogens is 611 g/mol. The quantitative estimate of drug-likeness (QED) is 0.387. The molecule has 0 aliphatic carbocycles. The molecule has 45 heavy (non-hydrogen) atoms. The SMILES string of the molecule is C=CC(=O)N1Cc2cc(CN3C[C@H]4CC(=O)N(c5cc(C(F)(F)F)cc(C)n5)[C@@H]4C(=O)N(C)c4cccc(Cl)c43)nn2C[C@H]1C. The highest BCUT2D eigenvalue weighted by Crippen LogP contribution is 2.43. The van der Waals surface area contributed by atoms with Gasteiger partial charge in [0.25, 0.3) is 0 Å². The van der Waals surface area contributed by atoms with E-state index in [-0.39, 0.29) is 43.0 Å². The largest absolute Gasteiger partial charge is 0.416 e. The van der Waals surface area contributed by atoms with Gasteiger partial charge in [-0.15, -0.1) is 0 Å². The van der Waals surface area contributed by atoms with E-state index in [1.807, 2.05) is 22.6 Å². The fourth-order valence-electron chi connectivity index (χ4n) is 6.57. The number of likely N-dealkylation sites (N-methyl/N-ethyl adjacent to an activating group) is 1. The summed E-state index contributed by atoms with van der Waals surface area (Å²) in [6.07, 6.45) is -3.44. The summed E-state index contributed by atoms with van der Waals surface area (Å²) >= 11 is 6.75. The van der Waals surface area contributed by atoms with Crippen LogP contribution in [0.25, 0.3) is 0 Å². The first-order chi connectivity index (χ1) is 21.3. The van der Waals surface area contributed by atoms with Crippen molar-refractivity contribution in [1.29, 1.82) is 0 Å². The molecule has 14 heteroatoms. The van der Waals surface area contributed by atoms with E-state index in [9.17, 15) is 27.6 Å². The number of fused-ring (bicyclic) bond motifs is 3. The highest BCUT2D eigenvalue weighted by Gasteiger charge is 2.49. The standard InChI is InChI=1S/C31H31ClF3N7O3/c1-5-26(43)40-16-22-12-21(37-41(22)13-18(40)3)15-39-14-19-10-27(44)42(25-11-20(31(33,34)35)9-17(2)36-25)28(19)30(45)38(4)24-8-6-7-23(32)29(24)39/h5-9,11-12,18-19,28H,1,10,13-16H2,2-4H3/t18-,19-,28+/m1/s1. The van der Waals surface area contributed by atoms with E-state index in [4.69, 9.17) is 16.7 Å². The first-order valence-corrected chi connectivity index (χ1v) is 14.8. The van der Waals surface area contributed by atoms with Gasteiger partial charge in [0.15, 0.2) is 0 Å². The van der Waals surface area contributed by atoms with Crippen LogP contribution in [0.15, 0.2) is 49.1 Å². The van der Waals surface area contributed by atoms with E-state index in [2.05, 4.69) is 11.6 Å². The Kier molecular flexibility index (Phi) is 7.62. The van der Waals surface area contributed by atoms with Gasteiger partial charge < -0.3 is 14.7 Å². The van der Waals surface area contributed by atoms with Crippen LogP contribution >= 0.6 is 11.6 Å². The van der Waals surface area contributed by atoms with Gasteiger partial charge in [-0.3, -0.25) is 24.0 Å². The topological polar surface area (TPSA) is 94.9 Å². The molecule has 0 radical (unpaired) electrons. The lowest BCUT2D eigenvalue weighted by molar-refractivity contribution is -0.137. The van der Waals surface area contributed by atoms with E-state index < -0.39 is 35.5 Å². The van der Waals surface area contributed by atoms with Crippen molar-refractivity contribution in [3.8, 4) is 0 Å². The molecule has 236 valence electrons. The van der Waals surface area contributed by atoms with E-state index in [1.54, 1.807) is 30.1 Å². The number of anilines is 3. The fraction of sp³-hybridized carbons (Fsp3) is 0.387. The van der Waals surface area contributed by atoms with E-state index >= 15 is 0 Å². The number of carbonyl (C=O) groups is 3. The Hall–Kier alpha value is -4.39. The molecule has 2 aromatic heterocycles. The number of aryl methyl sites for hydroxylation is 1. The van der Waals surface area contributed by atoms with Crippen molar-refractivity contribution >= 4 is 46.5 Å². The number of hydrogen-bond acceptors (Lipinski definition) is 6. The number of carbonyl (C=O) groups excluding carboxylic acids is 3. The first-order valence-electron chi connectivity index (χ1n) is 14.4. The highest BCUT2D eigenvalue weighted by molar-refractivity contribution is 6.34. The Morgan fingerprint density at radius 1 is 1.18 bits per heavy atom. The molecule has 0 saturated carbocycles. The molecule has 3 atom stereocenters. The minimum atomic E-state index is -4.66. The molecule has 0 unspecified atom stereocenters. The molecule has 1 saturated heterocycles. The monoisotopic (exact) mass is 641 g/mol. The third-order valence-electron chi connectivity index (χ3n) is 8.65. The molecule has 1 fully saturated rings. The minimum absolute atomic E-state index is 0.0761. The van der Waals surface area contributed by atoms with E-state index in [0.29, 0.717) is 35.2 Å². The predicted molar refractivity (Wildman–Crippen MR) is 162 cm³/mol. The van der Waals surface area contributed by atoms with Gasteiger partial charge in [0.2, 0.25) is 17.7 Å². The Labute approximate surface area is 262 Å². The van der Waals surface area contributed by atoms with Gasteiger partial charge in [0, 0.05) is 37.7 Å². The van der Waals surface area contributed by atoms with Crippen LogP contribution in [-0.2, 0) is 40.2 Å². The van der Waals surface area contributed by atoms with Crippen LogP contribution in [-0.4, -0.2) is 63.1 Å². The summed E-state index contributed by atoms with van der Waals surface area (Å²) in [5.74, 6) is -1.92. The number of para-hydroxylation sites is 1. The fourth-order valence-corrected chi connectivity index (χ4v) is 6.86. The number of nitrogens with zero attached hydrogens (tertiary/aromatic N) is 7. The number of alkyl halides is 3. The zero-order valence-corrected chi connectivity index (χ0v) is 25.6. The minimum Gasteiger partial charge on any atom is -0.362 e. The maximum Gasteiger partial charge on any atom is 0.416 e. The van der Waals surface area contributed by atoms with Crippen LogP contribution in [0.5, 0.6) is 0 Å². The number of rotatable bonds is 4. The summed E-state index contributed by atoms with van der Waals surface area (Å²) in [5, 5.41) is 5.20. The molecule has 10 nitrogen and oxygen atoms in total. The molecule has 0 N–H and O–H groups in total. The average Bonchev–Trinajstić information content (AvgIpc) is 3.52. The number of pyridine rings is 1. The van der Waals surface area contributed by atoms with Gasteiger partial charge in [-0.05, 0) is 50.3 Å². The summed E-state index contributed by atoms with van der Waals surface area (Å²) in [6.45, 7) is 8.29. The molecule has 3 amide bonds. The molecule has 3 aliphatic rings. The van der Waals surface area contributed by atoms with Crippen molar-refractivity contribution in [3.63, 3.8) is 0 Å². The molecular formula is C31H31ClF3N7O3. The Morgan fingerprint density at radius 2 is 1.93 bits per heavy atom. The van der Waals surface area contributed by atoms with Crippen LogP contribution in [0.3, 0.4) is 0 Å². The average molecular weight is 642 g/mol. The van der Waals surface area contributed by atoms with Crippen molar-refractivity contribution < 1.29 is 27.6 Å². The van der Waals surface area contributed by atoms with Crippen molar-refractivity contribution in [2.24, 2.45) is 5.92 Å². The predicted octanol–water partition coefficient (Wildman–Crippen LogP) is 4.58. The number of amides is 3. The zero-order chi connectivity index (χ0) is 32.4. The second-order valence-corrected chi connectivity index (χ2v) is 12.1. The summed E-state index contributed by atoms with van der Waals surface area (Å²) in [4.78, 5) is 50.4. The lowest BCUT2D eigenvalue weighted by Crippen LogP contribution is -2.52. The van der Waals surface area contributed by atoms with Gasteiger partial charge >= 0.3 is 6.18 Å². The summed E-state index contributed by atoms with van der Waals surface area (Å²) in [6, 6.07) is 7.62. The second-order valence-electron chi connectivity index (χ2n) is 11.7. The molecule has 1 aromatic carbocycles. The Balaban J connectivity index is 1.39. The Morgan fingerprint density at radius 3 is 2.64 bits per heavy atom. The maximum absolute atomic E-state index is 14.1. The van der Waals surface area contributed by atoms with Crippen molar-refractivity contribution in [2.75, 3.05) is 28.3 Å². The summed E-state index contributed by atoms with van der Waals surface area (Å²) in [7, 11) is 1.56. The second kappa shape index (κ2) is 11.2. The highest BCUT2D eigenvalue weighted by atomic mass is 35.5. The van der Waals surface area contributed by atoms with Crippen molar-refractivity contribution in [3.05, 3.63) is 76.7 Å². The lowest BCUT2D eigenvalue weighted by Gasteiger charge is -2.39. The van der Waals surface area contributed by atoms with Crippen LogP contribution in [0, 0.1) is 12.8 Å². The number of benzene rings is 1. The van der Waals surface area contributed by atoms with Gasteiger partial charge in [0.05, 0.1) is 53.0 Å². The van der Waals surface area contributed by atoms with Crippen LogP contribution in [0.4, 0.5) is 30.4 Å². The third kappa shape index (κ3) is 5.43. The van der Waals surface area contributed by atoms with Crippen LogP contribution in [0.1, 0.15) is 36.0 Å². The van der Waals surface area contributed by atoms with Crippen molar-refractivity contribution in [1.82, 2.24) is 19.7 Å². The molecule has 3 aromatic rings. The van der Waals surface area contributed by atoms with Crippen LogP contribution in [0.2, 0.25) is 5.02 Å². The van der Waals surface area contributed by atoms with E-state index in [1.165, 1.54) is 17.9 Å². The molecule has 6 rings (SSSR count). The normalized spacial score (nSPS) is 21.7. The molecule has 0 bridgehead atoms. The van der Waals surface area contributed by atoms with Crippen LogP contribution < -0.4 is 14.7 Å². The smallest absolute Gasteiger partial charge is 0.362 e. The van der Waals surface area contributed by atoms with E-state index in [0.717, 1.165) is 22.7 Å². The van der Waals surface area contributed by atoms with Gasteiger partial charge in [-0.2, -0.15) is 18.3 Å². The van der Waals surface area contributed by atoms with Gasteiger partial charge in [-0.25, -0.2) is 4.98 Å². The number of hydrogen-bond donors (Lipinski definition) is 0. The first kappa shape index (κ1) is 30.6. The summed E-state index contributed by atoms with van der Waals surface area (Å²) in [5.41, 5.74) is 1.74. The number of halogens is 4. The maximum atomic E-state index is 14.1. The molecule has 0 spiro atoms. The molecule has 5 heterocycles. The Bertz CT molecular complexity index is 1720. The molecule has 3 aliphatic heterocycles. The van der Waals surface area contributed by atoms with Crippen molar-refractivity contribution in [2.45, 2.75) is 58.2 Å².